The molecule has 29 heavy (non-hydrogen) atoms. The third kappa shape index (κ3) is 5.71. The lowest BCUT2D eigenvalue weighted by Crippen LogP contribution is -3.13. The van der Waals surface area contributed by atoms with Gasteiger partial charge in [0.25, 0.3) is 0 Å². The molecule has 0 unspecified atom stereocenters. The predicted octanol–water partition coefficient (Wildman–Crippen LogP) is 2.08. The fraction of sp³-hybridized carbons (Fsp3) is 0.364. The standard InChI is InChI=1S/C22H26ClN3O3/c1-3-29-20-15-18(14-19(23)22(20)28-2)4-5-21(27)26-12-10-25(11-13-26)16-17-6-8-24-9-7-17/h4-9,14-15H,3,10-13,16H2,1-2H3/p+1/b5-4+. The average Bonchev–Trinajstić information content (AvgIpc) is 2.73. The zero-order valence-electron chi connectivity index (χ0n) is 16.9. The molecule has 1 aromatic heterocycles. The number of carbonyl (C=O) groups excluding carboxylic acids is 1. The molecule has 0 spiro atoms. The van der Waals surface area contributed by atoms with Crippen molar-refractivity contribution in [1.29, 1.82) is 0 Å². The van der Waals surface area contributed by atoms with E-state index in [9.17, 15) is 4.79 Å². The summed E-state index contributed by atoms with van der Waals surface area (Å²) in [4.78, 5) is 20.0. The number of nitrogens with zero attached hydrogens (tertiary/aromatic N) is 2. The first kappa shape index (κ1) is 21.1. The van der Waals surface area contributed by atoms with Gasteiger partial charge in [-0.15, -0.1) is 0 Å². The summed E-state index contributed by atoms with van der Waals surface area (Å²) in [6, 6.07) is 7.69. The summed E-state index contributed by atoms with van der Waals surface area (Å²) in [5.41, 5.74) is 2.07. The van der Waals surface area contributed by atoms with Crippen molar-refractivity contribution in [3.05, 3.63) is 58.9 Å². The summed E-state index contributed by atoms with van der Waals surface area (Å²) >= 11 is 6.28. The Bertz CT molecular complexity index is 850. The summed E-state index contributed by atoms with van der Waals surface area (Å²) in [6.07, 6.45) is 7.01. The first-order valence-electron chi connectivity index (χ1n) is 9.80. The van der Waals surface area contributed by atoms with Crippen LogP contribution < -0.4 is 14.4 Å². The second kappa shape index (κ2) is 10.3. The molecule has 3 rings (SSSR count). The van der Waals surface area contributed by atoms with Crippen LogP contribution in [0.15, 0.2) is 42.7 Å². The molecule has 0 aliphatic carbocycles. The number of amides is 1. The lowest BCUT2D eigenvalue weighted by atomic mass is 10.1. The fourth-order valence-electron chi connectivity index (χ4n) is 3.43. The van der Waals surface area contributed by atoms with Crippen LogP contribution in [0.5, 0.6) is 11.5 Å². The molecule has 0 bridgehead atoms. The van der Waals surface area contributed by atoms with Gasteiger partial charge in [0.2, 0.25) is 5.91 Å². The third-order valence-corrected chi connectivity index (χ3v) is 5.22. The number of rotatable bonds is 7. The van der Waals surface area contributed by atoms with Crippen LogP contribution in [0.3, 0.4) is 0 Å². The van der Waals surface area contributed by atoms with Crippen LogP contribution in [0, 0.1) is 0 Å². The Labute approximate surface area is 176 Å². The average molecular weight is 417 g/mol. The Morgan fingerprint density at radius 1 is 1.28 bits per heavy atom. The minimum Gasteiger partial charge on any atom is -0.491 e. The molecule has 0 radical (unpaired) electrons. The molecule has 2 heterocycles. The zero-order valence-corrected chi connectivity index (χ0v) is 17.6. The van der Waals surface area contributed by atoms with Crippen molar-refractivity contribution in [3.63, 3.8) is 0 Å². The first-order valence-corrected chi connectivity index (χ1v) is 10.2. The van der Waals surface area contributed by atoms with E-state index in [1.807, 2.05) is 42.4 Å². The van der Waals surface area contributed by atoms with E-state index >= 15 is 0 Å². The number of ether oxygens (including phenoxy) is 2. The van der Waals surface area contributed by atoms with Crippen molar-refractivity contribution >= 4 is 23.6 Å². The number of benzene rings is 1. The maximum Gasteiger partial charge on any atom is 0.246 e. The van der Waals surface area contributed by atoms with Gasteiger partial charge in [0.1, 0.15) is 6.54 Å². The molecule has 1 aliphatic heterocycles. The van der Waals surface area contributed by atoms with Crippen LogP contribution >= 0.6 is 11.6 Å². The lowest BCUT2D eigenvalue weighted by molar-refractivity contribution is -0.917. The van der Waals surface area contributed by atoms with Crippen molar-refractivity contribution in [1.82, 2.24) is 9.88 Å². The normalized spacial score (nSPS) is 14.9. The van der Waals surface area contributed by atoms with E-state index in [2.05, 4.69) is 4.98 Å². The molecule has 1 fully saturated rings. The molecule has 1 N–H and O–H groups in total. The molecule has 1 saturated heterocycles. The molecule has 1 amide bonds. The molecule has 1 aromatic carbocycles. The van der Waals surface area contributed by atoms with Gasteiger partial charge in [0.05, 0.1) is 44.9 Å². The number of piperazine rings is 1. The van der Waals surface area contributed by atoms with Gasteiger partial charge in [-0.2, -0.15) is 0 Å². The van der Waals surface area contributed by atoms with E-state index in [0.29, 0.717) is 23.1 Å². The van der Waals surface area contributed by atoms with Crippen molar-refractivity contribution < 1.29 is 19.2 Å². The quantitative estimate of drug-likeness (QED) is 0.702. The Morgan fingerprint density at radius 2 is 2.00 bits per heavy atom. The lowest BCUT2D eigenvalue weighted by Gasteiger charge is -2.31. The van der Waals surface area contributed by atoms with Gasteiger partial charge in [-0.1, -0.05) is 11.6 Å². The molecule has 0 atom stereocenters. The molecule has 154 valence electrons. The van der Waals surface area contributed by atoms with Gasteiger partial charge in [-0.05, 0) is 42.8 Å². The first-order chi connectivity index (χ1) is 14.1. The van der Waals surface area contributed by atoms with Crippen molar-refractivity contribution in [2.45, 2.75) is 13.5 Å². The highest BCUT2D eigenvalue weighted by Crippen LogP contribution is 2.36. The van der Waals surface area contributed by atoms with Gasteiger partial charge in [0, 0.05) is 24.0 Å². The topological polar surface area (TPSA) is 56.1 Å². The van der Waals surface area contributed by atoms with E-state index in [1.54, 1.807) is 25.3 Å². The number of carbonyl (C=O) groups is 1. The number of pyridine rings is 1. The van der Waals surface area contributed by atoms with Crippen LogP contribution in [-0.4, -0.2) is 55.7 Å². The Hall–Kier alpha value is -2.57. The van der Waals surface area contributed by atoms with Gasteiger partial charge in [-0.25, -0.2) is 0 Å². The number of quaternary nitrogens is 1. The molecule has 6 nitrogen and oxygen atoms in total. The predicted molar refractivity (Wildman–Crippen MR) is 113 cm³/mol. The summed E-state index contributed by atoms with van der Waals surface area (Å²) in [5, 5.41) is 0.457. The van der Waals surface area contributed by atoms with E-state index in [4.69, 9.17) is 21.1 Å². The summed E-state index contributed by atoms with van der Waals surface area (Å²) in [6.45, 7) is 6.73. The zero-order chi connectivity index (χ0) is 20.6. The van der Waals surface area contributed by atoms with Gasteiger partial charge in [-0.3, -0.25) is 9.78 Å². The number of nitrogens with one attached hydrogen (secondary N) is 1. The summed E-state index contributed by atoms with van der Waals surface area (Å²) < 4.78 is 10.9. The van der Waals surface area contributed by atoms with E-state index in [1.165, 1.54) is 10.5 Å². The smallest absolute Gasteiger partial charge is 0.246 e. The van der Waals surface area contributed by atoms with E-state index in [-0.39, 0.29) is 5.91 Å². The second-order valence-corrected chi connectivity index (χ2v) is 7.32. The highest BCUT2D eigenvalue weighted by molar-refractivity contribution is 6.32. The second-order valence-electron chi connectivity index (χ2n) is 6.91. The summed E-state index contributed by atoms with van der Waals surface area (Å²) in [5.74, 6) is 1.09. The van der Waals surface area contributed by atoms with E-state index in [0.717, 1.165) is 38.3 Å². The minimum atomic E-state index is 0.0119. The van der Waals surface area contributed by atoms with E-state index < -0.39 is 0 Å². The summed E-state index contributed by atoms with van der Waals surface area (Å²) in [7, 11) is 1.55. The molecular formula is C22H27ClN3O3+. The molecule has 2 aromatic rings. The Morgan fingerprint density at radius 3 is 2.66 bits per heavy atom. The number of halogens is 1. The highest BCUT2D eigenvalue weighted by atomic mass is 35.5. The van der Waals surface area contributed by atoms with Crippen molar-refractivity contribution in [2.75, 3.05) is 39.9 Å². The minimum absolute atomic E-state index is 0.0119. The van der Waals surface area contributed by atoms with Gasteiger partial charge >= 0.3 is 0 Å². The number of methoxy groups -OCH3 is 1. The fourth-order valence-corrected chi connectivity index (χ4v) is 3.72. The number of hydrogen-bond acceptors (Lipinski definition) is 4. The number of aromatic nitrogens is 1. The maximum absolute atomic E-state index is 12.6. The van der Waals surface area contributed by atoms with Crippen LogP contribution in [0.2, 0.25) is 5.02 Å². The number of hydrogen-bond donors (Lipinski definition) is 1. The molecule has 1 aliphatic rings. The monoisotopic (exact) mass is 416 g/mol. The largest absolute Gasteiger partial charge is 0.491 e. The van der Waals surface area contributed by atoms with Crippen LogP contribution in [-0.2, 0) is 11.3 Å². The Balaban J connectivity index is 1.57. The van der Waals surface area contributed by atoms with Crippen LogP contribution in [0.4, 0.5) is 0 Å². The van der Waals surface area contributed by atoms with Gasteiger partial charge < -0.3 is 19.3 Å². The highest BCUT2D eigenvalue weighted by Gasteiger charge is 2.22. The Kier molecular flexibility index (Phi) is 7.49. The SMILES string of the molecule is CCOc1cc(/C=C/C(=O)N2CC[NH+](Cc3ccncc3)CC2)cc(Cl)c1OC. The molecule has 7 heteroatoms. The molecular weight excluding hydrogens is 390 g/mol. The molecule has 0 saturated carbocycles. The van der Waals surface area contributed by atoms with Gasteiger partial charge in [0.15, 0.2) is 11.5 Å². The van der Waals surface area contributed by atoms with Crippen LogP contribution in [0.1, 0.15) is 18.1 Å². The van der Waals surface area contributed by atoms with Crippen molar-refractivity contribution in [3.8, 4) is 11.5 Å². The van der Waals surface area contributed by atoms with Crippen LogP contribution in [0.25, 0.3) is 6.08 Å². The third-order valence-electron chi connectivity index (χ3n) is 4.94. The maximum atomic E-state index is 12.6. The van der Waals surface area contributed by atoms with Crippen molar-refractivity contribution in [2.24, 2.45) is 0 Å².